The van der Waals surface area contributed by atoms with E-state index in [1.54, 1.807) is 13.4 Å². The van der Waals surface area contributed by atoms with Crippen LogP contribution in [0, 0.1) is 0 Å². The van der Waals surface area contributed by atoms with Crippen LogP contribution in [0.1, 0.15) is 11.1 Å². The largest absolute Gasteiger partial charge is 0.497 e. The van der Waals surface area contributed by atoms with E-state index < -0.39 is 0 Å². The molecule has 27 heavy (non-hydrogen) atoms. The van der Waals surface area contributed by atoms with Crippen LogP contribution in [0.15, 0.2) is 67.4 Å². The van der Waals surface area contributed by atoms with Crippen molar-refractivity contribution in [3.8, 4) is 16.9 Å². The molecule has 0 aliphatic carbocycles. The number of aromatic nitrogens is 3. The summed E-state index contributed by atoms with van der Waals surface area (Å²) in [4.78, 5) is 11.5. The van der Waals surface area contributed by atoms with Gasteiger partial charge < -0.3 is 15.0 Å². The molecule has 5 heteroatoms. The third-order valence-electron chi connectivity index (χ3n) is 4.70. The molecule has 0 saturated carbocycles. The number of nitrogens with zero attached hydrogens (tertiary/aromatic N) is 2. The summed E-state index contributed by atoms with van der Waals surface area (Å²) >= 11 is 0. The van der Waals surface area contributed by atoms with Crippen LogP contribution < -0.4 is 10.1 Å². The lowest BCUT2D eigenvalue weighted by atomic mass is 10.1. The maximum Gasteiger partial charge on any atom is 0.119 e. The Morgan fingerprint density at radius 3 is 2.78 bits per heavy atom. The fourth-order valence-electron chi connectivity index (χ4n) is 3.26. The number of H-pyrrole nitrogens is 1. The SMILES string of the molecule is COc1ccc2[nH]cc(CCNCc3cccc(-c4cncnc4)c3)c2c1. The molecule has 4 aromatic rings. The lowest BCUT2D eigenvalue weighted by Gasteiger charge is -2.07. The number of fused-ring (bicyclic) bond motifs is 1. The van der Waals surface area contributed by atoms with Gasteiger partial charge >= 0.3 is 0 Å². The molecule has 4 rings (SSSR count). The summed E-state index contributed by atoms with van der Waals surface area (Å²) in [5.74, 6) is 0.887. The summed E-state index contributed by atoms with van der Waals surface area (Å²) in [6.45, 7) is 1.73. The van der Waals surface area contributed by atoms with Crippen molar-refractivity contribution < 1.29 is 4.74 Å². The molecule has 136 valence electrons. The van der Waals surface area contributed by atoms with E-state index in [9.17, 15) is 0 Å². The van der Waals surface area contributed by atoms with Gasteiger partial charge in [0.25, 0.3) is 0 Å². The molecular weight excluding hydrogens is 336 g/mol. The number of nitrogens with one attached hydrogen (secondary N) is 2. The first kappa shape index (κ1) is 17.2. The molecule has 2 aromatic carbocycles. The summed E-state index contributed by atoms with van der Waals surface area (Å²) in [5.41, 5.74) is 5.86. The number of aromatic amines is 1. The quantitative estimate of drug-likeness (QED) is 0.491. The smallest absolute Gasteiger partial charge is 0.119 e. The van der Waals surface area contributed by atoms with E-state index in [2.05, 4.69) is 62.9 Å². The van der Waals surface area contributed by atoms with Crippen molar-refractivity contribution in [1.29, 1.82) is 0 Å². The standard InChI is InChI=1S/C22H22N4O/c1-27-20-5-6-22-21(10-20)18(14-26-22)7-8-23-11-16-3-2-4-17(9-16)19-12-24-15-25-13-19/h2-6,9-10,12-15,23,26H,7-8,11H2,1H3. The van der Waals surface area contributed by atoms with E-state index in [0.717, 1.165) is 41.9 Å². The van der Waals surface area contributed by atoms with Crippen molar-refractivity contribution in [3.63, 3.8) is 0 Å². The van der Waals surface area contributed by atoms with Crippen molar-refractivity contribution in [2.45, 2.75) is 13.0 Å². The van der Waals surface area contributed by atoms with E-state index >= 15 is 0 Å². The minimum absolute atomic E-state index is 0.827. The van der Waals surface area contributed by atoms with E-state index in [-0.39, 0.29) is 0 Å². The van der Waals surface area contributed by atoms with Crippen molar-refractivity contribution in [3.05, 3.63) is 78.5 Å². The lowest BCUT2D eigenvalue weighted by Crippen LogP contribution is -2.16. The minimum atomic E-state index is 0.827. The fourth-order valence-corrected chi connectivity index (χ4v) is 3.26. The van der Waals surface area contributed by atoms with Gasteiger partial charge in [0.1, 0.15) is 12.1 Å². The topological polar surface area (TPSA) is 62.8 Å². The van der Waals surface area contributed by atoms with Crippen LogP contribution in [0.2, 0.25) is 0 Å². The Labute approximate surface area is 158 Å². The number of methoxy groups -OCH3 is 1. The van der Waals surface area contributed by atoms with E-state index in [1.165, 1.54) is 16.5 Å². The van der Waals surface area contributed by atoms with Gasteiger partial charge in [-0.25, -0.2) is 9.97 Å². The zero-order valence-electron chi connectivity index (χ0n) is 15.3. The van der Waals surface area contributed by atoms with Crippen LogP contribution in [0.3, 0.4) is 0 Å². The van der Waals surface area contributed by atoms with Gasteiger partial charge in [-0.1, -0.05) is 18.2 Å². The minimum Gasteiger partial charge on any atom is -0.497 e. The Bertz CT molecular complexity index is 1030. The Hall–Kier alpha value is -3.18. The summed E-state index contributed by atoms with van der Waals surface area (Å²) in [5, 5.41) is 4.76. The molecule has 0 radical (unpaired) electrons. The lowest BCUT2D eigenvalue weighted by molar-refractivity contribution is 0.415. The van der Waals surface area contributed by atoms with Crippen molar-refractivity contribution in [2.75, 3.05) is 13.7 Å². The Balaban J connectivity index is 1.37. The second kappa shape index (κ2) is 8.01. The number of hydrogen-bond acceptors (Lipinski definition) is 4. The fraction of sp³-hybridized carbons (Fsp3) is 0.182. The van der Waals surface area contributed by atoms with Crippen molar-refractivity contribution in [2.24, 2.45) is 0 Å². The molecule has 2 heterocycles. The predicted molar refractivity (Wildman–Crippen MR) is 108 cm³/mol. The predicted octanol–water partition coefficient (Wildman–Crippen LogP) is 3.97. The van der Waals surface area contributed by atoms with Gasteiger partial charge in [-0.05, 0) is 53.9 Å². The average Bonchev–Trinajstić information content (AvgIpc) is 3.14. The second-order valence-corrected chi connectivity index (χ2v) is 6.48. The molecule has 0 atom stereocenters. The Morgan fingerprint density at radius 1 is 1.04 bits per heavy atom. The summed E-state index contributed by atoms with van der Waals surface area (Å²) < 4.78 is 5.34. The molecule has 0 aliphatic heterocycles. The molecule has 0 saturated heterocycles. The van der Waals surface area contributed by atoms with Crippen LogP contribution in [0.25, 0.3) is 22.0 Å². The molecule has 5 nitrogen and oxygen atoms in total. The molecule has 0 bridgehead atoms. The highest BCUT2D eigenvalue weighted by atomic mass is 16.5. The number of rotatable bonds is 7. The van der Waals surface area contributed by atoms with Crippen LogP contribution in [0.4, 0.5) is 0 Å². The van der Waals surface area contributed by atoms with Gasteiger partial charge in [-0.3, -0.25) is 0 Å². The zero-order valence-corrected chi connectivity index (χ0v) is 15.3. The Kier molecular flexibility index (Phi) is 5.12. The maximum absolute atomic E-state index is 5.34. The first-order valence-electron chi connectivity index (χ1n) is 9.02. The normalized spacial score (nSPS) is 11.0. The molecule has 0 unspecified atom stereocenters. The first-order valence-corrected chi connectivity index (χ1v) is 9.02. The van der Waals surface area contributed by atoms with Gasteiger partial charge in [-0.15, -0.1) is 0 Å². The van der Waals surface area contributed by atoms with Crippen LogP contribution in [-0.4, -0.2) is 28.6 Å². The average molecular weight is 358 g/mol. The highest BCUT2D eigenvalue weighted by Gasteiger charge is 2.05. The number of benzene rings is 2. The van der Waals surface area contributed by atoms with Crippen LogP contribution >= 0.6 is 0 Å². The third kappa shape index (κ3) is 3.99. The van der Waals surface area contributed by atoms with E-state index in [0.29, 0.717) is 0 Å². The van der Waals surface area contributed by atoms with Gasteiger partial charge in [0.15, 0.2) is 0 Å². The molecule has 2 N–H and O–H groups in total. The second-order valence-electron chi connectivity index (χ2n) is 6.48. The molecule has 0 aliphatic rings. The van der Waals surface area contributed by atoms with Crippen molar-refractivity contribution in [1.82, 2.24) is 20.3 Å². The van der Waals surface area contributed by atoms with Crippen molar-refractivity contribution >= 4 is 10.9 Å². The maximum atomic E-state index is 5.34. The molecule has 0 spiro atoms. The summed E-state index contributed by atoms with van der Waals surface area (Å²) in [6.07, 6.45) is 8.27. The zero-order chi connectivity index (χ0) is 18.5. The van der Waals surface area contributed by atoms with Crippen LogP contribution in [-0.2, 0) is 13.0 Å². The summed E-state index contributed by atoms with van der Waals surface area (Å²) in [6, 6.07) is 14.6. The number of hydrogen-bond donors (Lipinski definition) is 2. The molecule has 0 fully saturated rings. The molecule has 0 amide bonds. The van der Waals surface area contributed by atoms with Gasteiger partial charge in [0.05, 0.1) is 7.11 Å². The molecule has 2 aromatic heterocycles. The van der Waals surface area contributed by atoms with E-state index in [4.69, 9.17) is 4.74 Å². The number of ether oxygens (including phenoxy) is 1. The third-order valence-corrected chi connectivity index (χ3v) is 4.70. The molecular formula is C22H22N4O. The highest BCUT2D eigenvalue weighted by molar-refractivity contribution is 5.84. The highest BCUT2D eigenvalue weighted by Crippen LogP contribution is 2.24. The van der Waals surface area contributed by atoms with Gasteiger partial charge in [-0.2, -0.15) is 0 Å². The first-order chi connectivity index (χ1) is 13.3. The van der Waals surface area contributed by atoms with Crippen LogP contribution in [0.5, 0.6) is 5.75 Å². The monoisotopic (exact) mass is 358 g/mol. The van der Waals surface area contributed by atoms with Gasteiger partial charge in [0.2, 0.25) is 0 Å². The Morgan fingerprint density at radius 2 is 1.93 bits per heavy atom. The van der Waals surface area contributed by atoms with E-state index in [1.807, 2.05) is 18.5 Å². The van der Waals surface area contributed by atoms with Gasteiger partial charge in [0, 0.05) is 41.6 Å². The summed E-state index contributed by atoms with van der Waals surface area (Å²) in [7, 11) is 1.70.